The van der Waals surface area contributed by atoms with Gasteiger partial charge in [-0.3, -0.25) is 9.59 Å². The molecular weight excluding hydrogens is 188 g/mol. The molecule has 0 fully saturated rings. The maximum Gasteiger partial charge on any atom is 0.162 e. The molecule has 0 N–H and O–H groups in total. The van der Waals surface area contributed by atoms with Gasteiger partial charge in [0.05, 0.1) is 0 Å². The summed E-state index contributed by atoms with van der Waals surface area (Å²) in [6.07, 6.45) is 8.53. The summed E-state index contributed by atoms with van der Waals surface area (Å²) >= 11 is 0. The number of rotatable bonds is 5. The second-order valence-corrected chi connectivity index (χ2v) is 4.18. The van der Waals surface area contributed by atoms with Gasteiger partial charge in [0.2, 0.25) is 0 Å². The molecule has 1 aliphatic carbocycles. The number of carbonyl (C=O) groups is 2. The molecule has 1 rings (SSSR count). The predicted octanol–water partition coefficient (Wildman–Crippen LogP) is 2.84. The van der Waals surface area contributed by atoms with E-state index in [9.17, 15) is 9.59 Å². The lowest BCUT2D eigenvalue weighted by Gasteiger charge is -2.06. The average molecular weight is 206 g/mol. The van der Waals surface area contributed by atoms with Crippen LogP contribution in [0.25, 0.3) is 0 Å². The lowest BCUT2D eigenvalue weighted by Crippen LogP contribution is -2.10. The molecule has 0 heterocycles. The van der Waals surface area contributed by atoms with Crippen molar-refractivity contribution in [3.63, 3.8) is 0 Å². The molecule has 0 bridgehead atoms. The van der Waals surface area contributed by atoms with Crippen LogP contribution in [0.2, 0.25) is 0 Å². The van der Waals surface area contributed by atoms with E-state index in [1.54, 1.807) is 0 Å². The molecule has 0 radical (unpaired) electrons. The Hall–Kier alpha value is -1.18. The molecule has 2 heteroatoms. The van der Waals surface area contributed by atoms with Gasteiger partial charge in [-0.1, -0.05) is 32.1 Å². The molecule has 0 unspecified atom stereocenters. The summed E-state index contributed by atoms with van der Waals surface area (Å²) in [6.45, 7) is 3.74. The number of carbonyl (C=O) groups excluding carboxylic acids is 2. The molecule has 0 aromatic carbocycles. The highest BCUT2D eigenvalue weighted by atomic mass is 16.1. The normalized spacial score (nSPS) is 15.3. The van der Waals surface area contributed by atoms with Crippen molar-refractivity contribution in [1.82, 2.24) is 0 Å². The zero-order valence-corrected chi connectivity index (χ0v) is 9.45. The summed E-state index contributed by atoms with van der Waals surface area (Å²) in [7, 11) is 0. The van der Waals surface area contributed by atoms with E-state index >= 15 is 0 Å². The van der Waals surface area contributed by atoms with Crippen molar-refractivity contribution in [2.45, 2.75) is 39.5 Å². The van der Waals surface area contributed by atoms with Gasteiger partial charge in [-0.15, -0.1) is 0 Å². The number of Topliss-reactive ketones (excluding diaryl/α,β-unsaturated/α-hetero) is 2. The third-order valence-corrected chi connectivity index (χ3v) is 2.56. The molecule has 0 spiro atoms. The van der Waals surface area contributed by atoms with E-state index in [4.69, 9.17) is 0 Å². The first kappa shape index (κ1) is 11.9. The maximum atomic E-state index is 11.7. The van der Waals surface area contributed by atoms with E-state index in [0.717, 1.165) is 18.4 Å². The fourth-order valence-electron chi connectivity index (χ4n) is 1.49. The highest BCUT2D eigenvalue weighted by molar-refractivity contribution is 6.00. The van der Waals surface area contributed by atoms with Gasteiger partial charge in [-0.05, 0) is 12.8 Å². The van der Waals surface area contributed by atoms with Crippen LogP contribution in [0.15, 0.2) is 23.8 Å². The van der Waals surface area contributed by atoms with Crippen molar-refractivity contribution >= 4 is 11.6 Å². The Labute approximate surface area is 91.1 Å². The minimum absolute atomic E-state index is 0.0358. The molecule has 2 nitrogen and oxygen atoms in total. The molecule has 15 heavy (non-hydrogen) atoms. The summed E-state index contributed by atoms with van der Waals surface area (Å²) in [5.74, 6) is 0.303. The molecule has 0 saturated carbocycles. The zero-order valence-electron chi connectivity index (χ0n) is 9.45. The standard InChI is InChI=1S/C13H18O2/c1-10(2)12(14)8-9-13(15)11-6-4-3-5-7-11/h4,6-7,10H,3,5,8-9H2,1-2H3. The van der Waals surface area contributed by atoms with E-state index in [-0.39, 0.29) is 17.5 Å². The fourth-order valence-corrected chi connectivity index (χ4v) is 1.49. The highest BCUT2D eigenvalue weighted by Gasteiger charge is 2.12. The highest BCUT2D eigenvalue weighted by Crippen LogP contribution is 2.13. The molecule has 1 aliphatic rings. The molecule has 82 valence electrons. The van der Waals surface area contributed by atoms with Gasteiger partial charge in [0.25, 0.3) is 0 Å². The maximum absolute atomic E-state index is 11.7. The molecule has 0 aliphatic heterocycles. The smallest absolute Gasteiger partial charge is 0.162 e. The molecule has 0 amide bonds. The van der Waals surface area contributed by atoms with Gasteiger partial charge in [-0.2, -0.15) is 0 Å². The van der Waals surface area contributed by atoms with Crippen LogP contribution in [0.5, 0.6) is 0 Å². The van der Waals surface area contributed by atoms with Crippen molar-refractivity contribution in [2.24, 2.45) is 5.92 Å². The Morgan fingerprint density at radius 3 is 2.53 bits per heavy atom. The lowest BCUT2D eigenvalue weighted by molar-refractivity contribution is -0.124. The summed E-state index contributed by atoms with van der Waals surface area (Å²) in [4.78, 5) is 23.0. The number of ketones is 2. The first-order valence-corrected chi connectivity index (χ1v) is 5.54. The van der Waals surface area contributed by atoms with E-state index in [2.05, 4.69) is 0 Å². The lowest BCUT2D eigenvalue weighted by atomic mass is 9.97. The van der Waals surface area contributed by atoms with Crippen molar-refractivity contribution in [1.29, 1.82) is 0 Å². The third kappa shape index (κ3) is 3.82. The van der Waals surface area contributed by atoms with E-state index < -0.39 is 0 Å². The van der Waals surface area contributed by atoms with Crippen LogP contribution in [-0.4, -0.2) is 11.6 Å². The molecule has 0 aromatic heterocycles. The number of allylic oxidation sites excluding steroid dienone is 4. The van der Waals surface area contributed by atoms with Gasteiger partial charge in [0, 0.05) is 24.3 Å². The number of hydrogen-bond donors (Lipinski definition) is 0. The van der Waals surface area contributed by atoms with Crippen molar-refractivity contribution in [2.75, 3.05) is 0 Å². The largest absolute Gasteiger partial charge is 0.299 e. The van der Waals surface area contributed by atoms with Gasteiger partial charge in [0.1, 0.15) is 5.78 Å². The van der Waals surface area contributed by atoms with Gasteiger partial charge in [-0.25, -0.2) is 0 Å². The van der Waals surface area contributed by atoms with Crippen LogP contribution in [0.4, 0.5) is 0 Å². The number of hydrogen-bond acceptors (Lipinski definition) is 2. The van der Waals surface area contributed by atoms with E-state index in [0.29, 0.717) is 12.8 Å². The summed E-state index contributed by atoms with van der Waals surface area (Å²) in [6, 6.07) is 0. The summed E-state index contributed by atoms with van der Waals surface area (Å²) < 4.78 is 0. The Bertz CT molecular complexity index is 308. The van der Waals surface area contributed by atoms with E-state index in [1.165, 1.54) is 0 Å². The minimum Gasteiger partial charge on any atom is -0.299 e. The first-order chi connectivity index (χ1) is 7.11. The average Bonchev–Trinajstić information content (AvgIpc) is 2.26. The summed E-state index contributed by atoms with van der Waals surface area (Å²) in [5, 5.41) is 0. The Morgan fingerprint density at radius 1 is 1.27 bits per heavy atom. The summed E-state index contributed by atoms with van der Waals surface area (Å²) in [5.41, 5.74) is 0.776. The second-order valence-electron chi connectivity index (χ2n) is 4.18. The Balaban J connectivity index is 2.39. The Kier molecular flexibility index (Phi) is 4.47. The second kappa shape index (κ2) is 5.64. The van der Waals surface area contributed by atoms with Gasteiger partial charge >= 0.3 is 0 Å². The zero-order chi connectivity index (χ0) is 11.3. The molecular formula is C13H18O2. The minimum atomic E-state index is 0.0358. The van der Waals surface area contributed by atoms with Crippen LogP contribution in [0.3, 0.4) is 0 Å². The molecule has 0 aromatic rings. The quantitative estimate of drug-likeness (QED) is 0.693. The first-order valence-electron chi connectivity index (χ1n) is 5.54. The van der Waals surface area contributed by atoms with Crippen molar-refractivity contribution in [3.05, 3.63) is 23.8 Å². The molecule has 0 atom stereocenters. The third-order valence-electron chi connectivity index (χ3n) is 2.56. The van der Waals surface area contributed by atoms with Gasteiger partial charge in [0.15, 0.2) is 5.78 Å². The van der Waals surface area contributed by atoms with Crippen LogP contribution >= 0.6 is 0 Å². The SMILES string of the molecule is CC(C)C(=O)CCC(=O)C1=CCCC=C1. The topological polar surface area (TPSA) is 34.1 Å². The predicted molar refractivity (Wildman–Crippen MR) is 60.5 cm³/mol. The monoisotopic (exact) mass is 206 g/mol. The van der Waals surface area contributed by atoms with Crippen LogP contribution in [0.1, 0.15) is 39.5 Å². The van der Waals surface area contributed by atoms with Crippen LogP contribution in [-0.2, 0) is 9.59 Å². The van der Waals surface area contributed by atoms with Gasteiger partial charge < -0.3 is 0 Å². The van der Waals surface area contributed by atoms with Crippen LogP contribution in [0, 0.1) is 5.92 Å². The van der Waals surface area contributed by atoms with E-state index in [1.807, 2.05) is 32.1 Å². The Morgan fingerprint density at radius 2 is 2.00 bits per heavy atom. The molecule has 0 saturated heterocycles. The van der Waals surface area contributed by atoms with Crippen molar-refractivity contribution in [3.8, 4) is 0 Å². The van der Waals surface area contributed by atoms with Crippen molar-refractivity contribution < 1.29 is 9.59 Å². The van der Waals surface area contributed by atoms with Crippen LogP contribution < -0.4 is 0 Å². The fraction of sp³-hybridized carbons (Fsp3) is 0.538.